The molecule has 0 N–H and O–H groups in total. The monoisotopic (exact) mass is 758 g/mol. The molecular weight excluding hydrogens is 721 g/mol. The van der Waals surface area contributed by atoms with Gasteiger partial charge in [0.2, 0.25) is 0 Å². The van der Waals surface area contributed by atoms with E-state index in [-0.39, 0.29) is 0 Å². The van der Waals surface area contributed by atoms with E-state index in [9.17, 15) is 0 Å². The van der Waals surface area contributed by atoms with Gasteiger partial charge in [-0.15, -0.1) is 11.3 Å². The first-order valence-electron chi connectivity index (χ1n) is 19.9. The van der Waals surface area contributed by atoms with Crippen LogP contribution in [0.5, 0.6) is 0 Å². The Balaban J connectivity index is 1.21. The molecule has 3 heteroatoms. The molecule has 58 heavy (non-hydrogen) atoms. The van der Waals surface area contributed by atoms with Gasteiger partial charge < -0.3 is 9.47 Å². The van der Waals surface area contributed by atoms with Gasteiger partial charge in [0.1, 0.15) is 0 Å². The zero-order valence-corrected chi connectivity index (χ0v) is 32.8. The van der Waals surface area contributed by atoms with Gasteiger partial charge in [0, 0.05) is 59.1 Å². The van der Waals surface area contributed by atoms with Crippen molar-refractivity contribution in [2.45, 2.75) is 6.92 Å². The van der Waals surface area contributed by atoms with E-state index in [1.807, 2.05) is 11.3 Å². The first kappa shape index (κ1) is 34.1. The van der Waals surface area contributed by atoms with Crippen LogP contribution in [0.4, 0.5) is 17.1 Å². The summed E-state index contributed by atoms with van der Waals surface area (Å²) < 4.78 is 5.02. The standard InChI is InChI=1S/C55H38N2S/c1-37-33-41(34-47(38-19-5-2-6-20-38)54(37)39-21-7-3-8-22-39)56(40-23-9-4-10-24-40)42-35-48(55-49(36-42)46-28-14-18-32-53(46)58-55)45-27-13-17-31-52(45)57-50-29-15-11-25-43(50)44-26-12-16-30-51(44)57/h2-36H,1H3. The van der Waals surface area contributed by atoms with E-state index in [2.05, 4.69) is 229 Å². The van der Waals surface area contributed by atoms with Crippen molar-refractivity contribution in [3.63, 3.8) is 0 Å². The lowest BCUT2D eigenvalue weighted by atomic mass is 9.90. The summed E-state index contributed by atoms with van der Waals surface area (Å²) in [6.07, 6.45) is 0. The van der Waals surface area contributed by atoms with Crippen LogP contribution >= 0.6 is 11.3 Å². The number of anilines is 3. The fourth-order valence-corrected chi connectivity index (χ4v) is 10.2. The third-order valence-electron chi connectivity index (χ3n) is 11.5. The molecule has 2 nitrogen and oxygen atoms in total. The summed E-state index contributed by atoms with van der Waals surface area (Å²) in [5.41, 5.74) is 15.4. The Morgan fingerprint density at radius 3 is 1.64 bits per heavy atom. The second-order valence-electron chi connectivity index (χ2n) is 14.9. The van der Waals surface area contributed by atoms with Crippen molar-refractivity contribution < 1.29 is 0 Å². The molecule has 274 valence electrons. The summed E-state index contributed by atoms with van der Waals surface area (Å²) >= 11 is 1.88. The number of hydrogen-bond donors (Lipinski definition) is 0. The van der Waals surface area contributed by atoms with Crippen molar-refractivity contribution in [1.29, 1.82) is 0 Å². The number of hydrogen-bond acceptors (Lipinski definition) is 2. The van der Waals surface area contributed by atoms with Crippen LogP contribution in [0.3, 0.4) is 0 Å². The molecule has 0 spiro atoms. The maximum atomic E-state index is 2.46. The highest BCUT2D eigenvalue weighted by Gasteiger charge is 2.23. The van der Waals surface area contributed by atoms with Crippen LogP contribution in [-0.2, 0) is 0 Å². The quantitative estimate of drug-likeness (QED) is 0.157. The molecule has 2 aromatic heterocycles. The predicted molar refractivity (Wildman–Crippen MR) is 249 cm³/mol. The lowest BCUT2D eigenvalue weighted by molar-refractivity contribution is 1.18. The molecule has 9 aromatic carbocycles. The Bertz CT molecular complexity index is 3230. The van der Waals surface area contributed by atoms with E-state index in [1.54, 1.807) is 0 Å². The molecule has 0 bridgehead atoms. The second-order valence-corrected chi connectivity index (χ2v) is 16.0. The number of fused-ring (bicyclic) bond motifs is 6. The highest BCUT2D eigenvalue weighted by molar-refractivity contribution is 7.26. The Morgan fingerprint density at radius 1 is 0.397 bits per heavy atom. The number of aryl methyl sites for hydroxylation is 1. The summed E-state index contributed by atoms with van der Waals surface area (Å²) in [5.74, 6) is 0. The van der Waals surface area contributed by atoms with Gasteiger partial charge in [-0.2, -0.15) is 0 Å². The Hall–Kier alpha value is -7.20. The van der Waals surface area contributed by atoms with Crippen molar-refractivity contribution in [1.82, 2.24) is 4.57 Å². The smallest absolute Gasteiger partial charge is 0.0541 e. The minimum Gasteiger partial charge on any atom is -0.310 e. The number of thiophene rings is 1. The van der Waals surface area contributed by atoms with Gasteiger partial charge >= 0.3 is 0 Å². The molecule has 0 fully saturated rings. The van der Waals surface area contributed by atoms with E-state index in [0.29, 0.717) is 0 Å². The third kappa shape index (κ3) is 5.62. The average molecular weight is 759 g/mol. The SMILES string of the molecule is Cc1cc(N(c2ccccc2)c2cc(-c3ccccc3-n3c4ccccc4c4ccccc43)c3sc4ccccc4c3c2)cc(-c2ccccc2)c1-c1ccccc1. The van der Waals surface area contributed by atoms with Gasteiger partial charge in [-0.1, -0.05) is 152 Å². The third-order valence-corrected chi connectivity index (χ3v) is 12.7. The van der Waals surface area contributed by atoms with Gasteiger partial charge in [-0.05, 0) is 95.4 Å². The van der Waals surface area contributed by atoms with Crippen LogP contribution in [0.15, 0.2) is 212 Å². The normalized spacial score (nSPS) is 11.5. The molecule has 0 atom stereocenters. The summed E-state index contributed by atoms with van der Waals surface area (Å²) in [5, 5.41) is 5.04. The maximum absolute atomic E-state index is 2.46. The number of rotatable bonds is 7. The van der Waals surface area contributed by atoms with Crippen LogP contribution in [0.2, 0.25) is 0 Å². The average Bonchev–Trinajstić information content (AvgIpc) is 3.83. The molecule has 0 amide bonds. The van der Waals surface area contributed by atoms with Gasteiger partial charge in [-0.25, -0.2) is 0 Å². The van der Waals surface area contributed by atoms with E-state index in [0.717, 1.165) is 22.7 Å². The summed E-state index contributed by atoms with van der Waals surface area (Å²) in [6.45, 7) is 2.25. The van der Waals surface area contributed by atoms with Crippen molar-refractivity contribution in [2.75, 3.05) is 4.90 Å². The van der Waals surface area contributed by atoms with Crippen molar-refractivity contribution >= 4 is 70.4 Å². The van der Waals surface area contributed by atoms with Crippen molar-refractivity contribution in [3.8, 4) is 39.1 Å². The summed E-state index contributed by atoms with van der Waals surface area (Å²) in [4.78, 5) is 2.45. The predicted octanol–water partition coefficient (Wildman–Crippen LogP) is 15.9. The van der Waals surface area contributed by atoms with Crippen LogP contribution < -0.4 is 4.90 Å². The highest BCUT2D eigenvalue weighted by atomic mass is 32.1. The van der Waals surface area contributed by atoms with Crippen LogP contribution in [0.25, 0.3) is 81.0 Å². The molecule has 0 radical (unpaired) electrons. The molecule has 0 saturated heterocycles. The van der Waals surface area contributed by atoms with Crippen LogP contribution in [0.1, 0.15) is 5.56 Å². The van der Waals surface area contributed by atoms with E-state index < -0.39 is 0 Å². The van der Waals surface area contributed by atoms with Gasteiger partial charge in [0.25, 0.3) is 0 Å². The Labute approximate surface area is 342 Å². The first-order valence-corrected chi connectivity index (χ1v) is 20.7. The largest absolute Gasteiger partial charge is 0.310 e. The zero-order chi connectivity index (χ0) is 38.6. The topological polar surface area (TPSA) is 8.17 Å². The summed E-state index contributed by atoms with van der Waals surface area (Å²) in [6, 6.07) is 77.4. The van der Waals surface area contributed by atoms with Gasteiger partial charge in [0.15, 0.2) is 0 Å². The molecule has 0 aliphatic carbocycles. The fraction of sp³-hybridized carbons (Fsp3) is 0.0182. The van der Waals surface area contributed by atoms with E-state index >= 15 is 0 Å². The van der Waals surface area contributed by atoms with Crippen molar-refractivity contribution in [2.24, 2.45) is 0 Å². The molecule has 0 unspecified atom stereocenters. The lowest BCUT2D eigenvalue weighted by Crippen LogP contribution is -2.11. The van der Waals surface area contributed by atoms with E-state index in [1.165, 1.54) is 80.9 Å². The summed E-state index contributed by atoms with van der Waals surface area (Å²) in [7, 11) is 0. The minimum atomic E-state index is 1.11. The molecule has 11 rings (SSSR count). The minimum absolute atomic E-state index is 1.11. The molecule has 11 aromatic rings. The number of benzene rings is 9. The maximum Gasteiger partial charge on any atom is 0.0541 e. The lowest BCUT2D eigenvalue weighted by Gasteiger charge is -2.28. The van der Waals surface area contributed by atoms with Crippen molar-refractivity contribution in [3.05, 3.63) is 218 Å². The van der Waals surface area contributed by atoms with Crippen LogP contribution in [-0.4, -0.2) is 4.57 Å². The van der Waals surface area contributed by atoms with E-state index in [4.69, 9.17) is 0 Å². The highest BCUT2D eigenvalue weighted by Crippen LogP contribution is 2.49. The van der Waals surface area contributed by atoms with Gasteiger partial charge in [0.05, 0.1) is 16.7 Å². The fourth-order valence-electron chi connectivity index (χ4n) is 8.97. The second kappa shape index (κ2) is 14.1. The molecule has 2 heterocycles. The molecule has 0 aliphatic heterocycles. The molecule has 0 saturated carbocycles. The molecule has 0 aliphatic rings. The number of para-hydroxylation sites is 4. The van der Waals surface area contributed by atoms with Gasteiger partial charge in [-0.3, -0.25) is 0 Å². The first-order chi connectivity index (χ1) is 28.7. The molecular formula is C55H38N2S. The van der Waals surface area contributed by atoms with Crippen LogP contribution in [0, 0.1) is 6.92 Å². The Kier molecular flexibility index (Phi) is 8.27. The zero-order valence-electron chi connectivity index (χ0n) is 32.0. The number of aromatic nitrogens is 1. The number of nitrogens with zero attached hydrogens (tertiary/aromatic N) is 2. The Morgan fingerprint density at radius 2 is 0.931 bits per heavy atom.